The van der Waals surface area contributed by atoms with Gasteiger partial charge in [-0.3, -0.25) is 0 Å². The van der Waals surface area contributed by atoms with E-state index < -0.39 is 0 Å². The third-order valence-electron chi connectivity index (χ3n) is 10.6. The lowest BCUT2D eigenvalue weighted by atomic mass is 9.98. The van der Waals surface area contributed by atoms with Gasteiger partial charge in [0, 0.05) is 27.2 Å². The smallest absolute Gasteiger partial charge is 0.188 e. The van der Waals surface area contributed by atoms with Crippen molar-refractivity contribution in [1.82, 2.24) is 9.13 Å². The summed E-state index contributed by atoms with van der Waals surface area (Å²) in [7, 11) is 0. The lowest BCUT2D eigenvalue weighted by Gasteiger charge is -2.11. The van der Waals surface area contributed by atoms with Crippen LogP contribution in [0.4, 0.5) is 5.69 Å². The third-order valence-corrected chi connectivity index (χ3v) is 10.6. The fourth-order valence-electron chi connectivity index (χ4n) is 8.02. The Labute approximate surface area is 312 Å². The maximum absolute atomic E-state index is 10.2. The van der Waals surface area contributed by atoms with E-state index in [2.05, 4.69) is 178 Å². The van der Waals surface area contributed by atoms with E-state index in [0.29, 0.717) is 11.3 Å². The molecule has 0 amide bonds. The van der Waals surface area contributed by atoms with Crippen LogP contribution in [-0.2, 0) is 0 Å². The Morgan fingerprint density at radius 3 is 1.24 bits per heavy atom. The largest absolute Gasteiger partial charge is 0.309 e. The first-order valence-corrected chi connectivity index (χ1v) is 17.9. The quantitative estimate of drug-likeness (QED) is 0.166. The van der Waals surface area contributed by atoms with Crippen molar-refractivity contribution in [1.29, 1.82) is 5.26 Å². The summed E-state index contributed by atoms with van der Waals surface area (Å²) in [6.45, 7) is 7.53. The lowest BCUT2D eigenvalue weighted by molar-refractivity contribution is 1.17. The number of benzene rings is 8. The zero-order chi connectivity index (χ0) is 36.2. The molecule has 0 saturated heterocycles. The van der Waals surface area contributed by atoms with Gasteiger partial charge in [-0.05, 0) is 106 Å². The molecule has 0 aliphatic rings. The number of para-hydroxylation sites is 1. The number of fused-ring (bicyclic) bond motifs is 6. The summed E-state index contributed by atoms with van der Waals surface area (Å²) in [5.74, 6) is 0. The van der Waals surface area contributed by atoms with Crippen LogP contribution in [0.25, 0.3) is 93.2 Å². The van der Waals surface area contributed by atoms with Crippen molar-refractivity contribution in [2.24, 2.45) is 0 Å². The van der Waals surface area contributed by atoms with E-state index in [0.717, 1.165) is 66.5 Å². The highest BCUT2D eigenvalue weighted by Gasteiger charge is 2.19. The molecular formula is C50H30N4. The molecule has 4 nitrogen and oxygen atoms in total. The van der Waals surface area contributed by atoms with Crippen molar-refractivity contribution in [2.45, 2.75) is 0 Å². The molecular weight excluding hydrogens is 657 g/mol. The normalized spacial score (nSPS) is 11.3. The Morgan fingerprint density at radius 1 is 0.407 bits per heavy atom. The highest BCUT2D eigenvalue weighted by molar-refractivity contribution is 6.14. The van der Waals surface area contributed by atoms with Gasteiger partial charge in [-0.1, -0.05) is 109 Å². The van der Waals surface area contributed by atoms with Crippen molar-refractivity contribution >= 4 is 49.3 Å². The summed E-state index contributed by atoms with van der Waals surface area (Å²) >= 11 is 0. The van der Waals surface area contributed by atoms with E-state index in [9.17, 15) is 5.26 Å². The van der Waals surface area contributed by atoms with E-state index in [4.69, 9.17) is 6.57 Å². The van der Waals surface area contributed by atoms with Gasteiger partial charge in [-0.15, -0.1) is 0 Å². The molecule has 0 bridgehead atoms. The van der Waals surface area contributed by atoms with Gasteiger partial charge in [-0.2, -0.15) is 5.26 Å². The molecule has 0 aliphatic heterocycles. The first-order chi connectivity index (χ1) is 26.7. The van der Waals surface area contributed by atoms with Gasteiger partial charge < -0.3 is 9.13 Å². The predicted octanol–water partition coefficient (Wildman–Crippen LogP) is 13.3. The summed E-state index contributed by atoms with van der Waals surface area (Å²) < 4.78 is 4.52. The lowest BCUT2D eigenvalue weighted by Crippen LogP contribution is -1.97. The molecule has 8 aromatic carbocycles. The average Bonchev–Trinajstić information content (AvgIpc) is 3.75. The minimum Gasteiger partial charge on any atom is -0.309 e. The van der Waals surface area contributed by atoms with Crippen molar-refractivity contribution < 1.29 is 0 Å². The molecule has 2 aromatic heterocycles. The highest BCUT2D eigenvalue weighted by Crippen LogP contribution is 2.41. The Balaban J connectivity index is 1.21. The fraction of sp³-hybridized carbons (Fsp3) is 0. The second-order valence-electron chi connectivity index (χ2n) is 13.6. The maximum Gasteiger partial charge on any atom is 0.188 e. The third kappa shape index (κ3) is 4.98. The Bertz CT molecular complexity index is 3160. The molecule has 0 atom stereocenters. The van der Waals surface area contributed by atoms with Gasteiger partial charge >= 0.3 is 0 Å². The number of aromatic nitrogens is 2. The summed E-state index contributed by atoms with van der Waals surface area (Å²) in [6, 6.07) is 66.1. The van der Waals surface area contributed by atoms with E-state index in [1.54, 1.807) is 12.1 Å². The number of nitrogens with zero attached hydrogens (tertiary/aromatic N) is 4. The van der Waals surface area contributed by atoms with Gasteiger partial charge in [0.05, 0.1) is 46.0 Å². The topological polar surface area (TPSA) is 38.0 Å². The van der Waals surface area contributed by atoms with Crippen LogP contribution < -0.4 is 0 Å². The molecule has 4 heteroatoms. The summed E-state index contributed by atoms with van der Waals surface area (Å²) in [5.41, 5.74) is 14.0. The Morgan fingerprint density at radius 2 is 0.815 bits per heavy atom. The molecule has 10 aromatic rings. The molecule has 0 saturated carbocycles. The molecule has 0 unspecified atom stereocenters. The zero-order valence-electron chi connectivity index (χ0n) is 29.1. The molecule has 0 aliphatic carbocycles. The molecule has 250 valence electrons. The van der Waals surface area contributed by atoms with Crippen LogP contribution in [0.15, 0.2) is 182 Å². The molecule has 0 fully saturated rings. The first-order valence-electron chi connectivity index (χ1n) is 17.9. The predicted molar refractivity (Wildman–Crippen MR) is 222 cm³/mol. The van der Waals surface area contributed by atoms with Crippen LogP contribution in [0.3, 0.4) is 0 Å². The molecule has 0 radical (unpaired) electrons. The van der Waals surface area contributed by atoms with Crippen LogP contribution >= 0.6 is 0 Å². The van der Waals surface area contributed by atoms with E-state index in [1.807, 2.05) is 12.1 Å². The van der Waals surface area contributed by atoms with Gasteiger partial charge in [0.15, 0.2) is 5.69 Å². The molecule has 54 heavy (non-hydrogen) atoms. The molecule has 0 spiro atoms. The zero-order valence-corrected chi connectivity index (χ0v) is 29.1. The number of nitriles is 1. The number of hydrogen-bond donors (Lipinski definition) is 0. The maximum atomic E-state index is 10.2. The standard InChI is InChI=1S/C50H30N4/c1-52-40-21-26-46(39(27-40)32-51)54-49-24-18-36(34-13-7-3-8-14-34)29-44(49)45-31-38(20-25-50(45)54)37-19-23-48-43(30-37)42-28-35(33-11-5-2-6-12-33)17-22-47(42)53(48)41-15-9-4-10-16-41/h2-31H. The first kappa shape index (κ1) is 31.1. The van der Waals surface area contributed by atoms with E-state index in [1.165, 1.54) is 21.9 Å². The van der Waals surface area contributed by atoms with Crippen molar-refractivity contribution in [3.63, 3.8) is 0 Å². The second kappa shape index (κ2) is 12.5. The minimum absolute atomic E-state index is 0.449. The highest BCUT2D eigenvalue weighted by atomic mass is 15.0. The van der Waals surface area contributed by atoms with Gasteiger partial charge in [-0.25, -0.2) is 4.85 Å². The number of hydrogen-bond acceptors (Lipinski definition) is 1. The summed E-state index contributed by atoms with van der Waals surface area (Å²) in [6.07, 6.45) is 0. The molecule has 2 heterocycles. The van der Waals surface area contributed by atoms with Crippen molar-refractivity contribution in [3.05, 3.63) is 199 Å². The fourth-order valence-corrected chi connectivity index (χ4v) is 8.02. The van der Waals surface area contributed by atoms with Crippen LogP contribution in [-0.4, -0.2) is 9.13 Å². The minimum atomic E-state index is 0.449. The van der Waals surface area contributed by atoms with Crippen LogP contribution in [0, 0.1) is 17.9 Å². The monoisotopic (exact) mass is 686 g/mol. The van der Waals surface area contributed by atoms with E-state index >= 15 is 0 Å². The Hall–Kier alpha value is -7.66. The van der Waals surface area contributed by atoms with Crippen molar-refractivity contribution in [2.75, 3.05) is 0 Å². The van der Waals surface area contributed by atoms with Crippen LogP contribution in [0.2, 0.25) is 0 Å². The summed E-state index contributed by atoms with van der Waals surface area (Å²) in [5, 5.41) is 14.8. The van der Waals surface area contributed by atoms with Gasteiger partial charge in [0.25, 0.3) is 0 Å². The van der Waals surface area contributed by atoms with Gasteiger partial charge in [0.2, 0.25) is 0 Å². The van der Waals surface area contributed by atoms with Crippen molar-refractivity contribution in [3.8, 4) is 50.8 Å². The van der Waals surface area contributed by atoms with Gasteiger partial charge in [0.1, 0.15) is 0 Å². The second-order valence-corrected chi connectivity index (χ2v) is 13.6. The summed E-state index contributed by atoms with van der Waals surface area (Å²) in [4.78, 5) is 3.58. The average molecular weight is 687 g/mol. The molecule has 10 rings (SSSR count). The molecule has 0 N–H and O–H groups in total. The number of rotatable bonds is 5. The Kier molecular flexibility index (Phi) is 7.22. The SMILES string of the molecule is [C-]#[N+]c1ccc(-n2c3ccc(-c4ccccc4)cc3c3cc(-c4ccc5c(c4)c4cc(-c6ccccc6)ccc4n5-c4ccccc4)ccc32)c(C#N)c1. The van der Waals surface area contributed by atoms with Crippen LogP contribution in [0.5, 0.6) is 0 Å². The van der Waals surface area contributed by atoms with Crippen LogP contribution in [0.1, 0.15) is 5.56 Å². The van der Waals surface area contributed by atoms with E-state index in [-0.39, 0.29) is 0 Å².